The number of carboxylic acid groups (broad SMARTS) is 1. The van der Waals surface area contributed by atoms with Crippen LogP contribution in [0.3, 0.4) is 0 Å². The van der Waals surface area contributed by atoms with Crippen molar-refractivity contribution in [3.8, 4) is 0 Å². The lowest BCUT2D eigenvalue weighted by atomic mass is 10.0. The van der Waals surface area contributed by atoms with Gasteiger partial charge in [0.1, 0.15) is 36.3 Å². The Bertz CT molecular complexity index is 2250. The van der Waals surface area contributed by atoms with E-state index in [-0.39, 0.29) is 43.1 Å². The number of carboxylic acids is 1. The molecule has 0 saturated carbocycles. The van der Waals surface area contributed by atoms with Crippen LogP contribution in [0.4, 0.5) is 0 Å². The molecule has 71 heavy (non-hydrogen) atoms. The quantitative estimate of drug-likeness (QED) is 0.0245. The molecule has 3 aromatic rings. The average molecular weight is 1030 g/mol. The van der Waals surface area contributed by atoms with Gasteiger partial charge in [0.15, 0.2) is 0 Å². The fraction of sp³-hybridized carbons (Fsp3) is 0.511. The summed E-state index contributed by atoms with van der Waals surface area (Å²) in [5, 5.41) is 31.0. The number of aromatic amines is 1. The topological polar surface area (TPSA) is 364 Å². The Morgan fingerprint density at radius 3 is 1.70 bits per heavy atom. The minimum atomic E-state index is -1.36. The molecule has 22 nitrogen and oxygen atoms in total. The largest absolute Gasteiger partial charge is 0.480 e. The third kappa shape index (κ3) is 20.2. The second-order valence-electron chi connectivity index (χ2n) is 17.2. The van der Waals surface area contributed by atoms with Crippen LogP contribution in [0.15, 0.2) is 60.8 Å². The lowest BCUT2D eigenvalue weighted by Crippen LogP contribution is -2.59. The summed E-state index contributed by atoms with van der Waals surface area (Å²) in [4.78, 5) is 122. The molecule has 2 aromatic carbocycles. The van der Waals surface area contributed by atoms with Gasteiger partial charge < -0.3 is 69.8 Å². The van der Waals surface area contributed by atoms with Gasteiger partial charge in [-0.25, -0.2) is 4.79 Å². The van der Waals surface area contributed by atoms with Gasteiger partial charge in [0, 0.05) is 41.4 Å². The lowest BCUT2D eigenvalue weighted by molar-refractivity contribution is -0.141. The predicted molar refractivity (Wildman–Crippen MR) is 274 cm³/mol. The van der Waals surface area contributed by atoms with Gasteiger partial charge in [0.25, 0.3) is 0 Å². The summed E-state index contributed by atoms with van der Waals surface area (Å²) in [7, 11) is 0. The number of hydrogen-bond acceptors (Lipinski definition) is 14. The van der Waals surface area contributed by atoms with E-state index in [9.17, 15) is 48.3 Å². The number of carbonyl (C=O) groups is 9. The number of H-pyrrole nitrogens is 1. The van der Waals surface area contributed by atoms with Crippen molar-refractivity contribution in [3.05, 3.63) is 71.9 Å². The average Bonchev–Trinajstić information content (AvgIpc) is 3.76. The molecule has 3 rings (SSSR count). The first-order chi connectivity index (χ1) is 33.9. The van der Waals surface area contributed by atoms with Crippen LogP contribution in [0.1, 0.15) is 63.5 Å². The number of amides is 8. The third-order valence-electron chi connectivity index (χ3n) is 11.3. The Labute approximate surface area is 423 Å². The zero-order valence-corrected chi connectivity index (χ0v) is 41.8. The van der Waals surface area contributed by atoms with Crippen molar-refractivity contribution in [2.45, 2.75) is 108 Å². The predicted octanol–water partition coefficient (Wildman–Crippen LogP) is -1.72. The summed E-state index contributed by atoms with van der Waals surface area (Å²) in [6, 6.07) is 7.74. The number of nitrogens with one attached hydrogen (secondary N) is 9. The number of nitrogens with two attached hydrogens (primary N) is 3. The van der Waals surface area contributed by atoms with Crippen LogP contribution < -0.4 is 59.7 Å². The van der Waals surface area contributed by atoms with Crippen LogP contribution in [-0.4, -0.2) is 143 Å². The number of benzene rings is 2. The van der Waals surface area contributed by atoms with E-state index >= 15 is 0 Å². The van der Waals surface area contributed by atoms with Crippen molar-refractivity contribution in [3.63, 3.8) is 0 Å². The van der Waals surface area contributed by atoms with E-state index in [2.05, 4.69) is 72.8 Å². The highest BCUT2D eigenvalue weighted by molar-refractivity contribution is 7.80. The molecular weight excluding hydrogens is 957 g/mol. The van der Waals surface area contributed by atoms with Gasteiger partial charge in [0.05, 0.1) is 19.1 Å². The highest BCUT2D eigenvalue weighted by Crippen LogP contribution is 2.20. The second kappa shape index (κ2) is 31.2. The van der Waals surface area contributed by atoms with Crippen molar-refractivity contribution in [1.82, 2.24) is 47.5 Å². The number of fused-ring (bicyclic) bond motifs is 1. The number of aromatic nitrogens is 1. The molecule has 24 heteroatoms. The van der Waals surface area contributed by atoms with E-state index < -0.39 is 109 Å². The van der Waals surface area contributed by atoms with Gasteiger partial charge in [-0.05, 0) is 74.7 Å². The van der Waals surface area contributed by atoms with Gasteiger partial charge in [0.2, 0.25) is 47.3 Å². The summed E-state index contributed by atoms with van der Waals surface area (Å²) < 4.78 is 0. The van der Waals surface area contributed by atoms with Crippen LogP contribution in [0.2, 0.25) is 0 Å². The minimum absolute atomic E-state index is 0.0347. The molecule has 1 heterocycles. The van der Waals surface area contributed by atoms with Crippen molar-refractivity contribution in [1.29, 1.82) is 0 Å². The number of unbranched alkanes of at least 4 members (excludes halogenated alkanes) is 2. The van der Waals surface area contributed by atoms with Gasteiger partial charge in [-0.1, -0.05) is 62.4 Å². The maximum Gasteiger partial charge on any atom is 0.327 e. The number of rotatable bonds is 32. The first-order valence-electron chi connectivity index (χ1n) is 23.5. The molecule has 0 aliphatic carbocycles. The maximum absolute atomic E-state index is 14.1. The molecule has 0 bridgehead atoms. The van der Waals surface area contributed by atoms with Crippen molar-refractivity contribution >= 4 is 89.4 Å². The Hall–Kier alpha value is -6.21. The van der Waals surface area contributed by atoms with Gasteiger partial charge in [-0.2, -0.15) is 25.3 Å². The molecule has 0 unspecified atom stereocenters. The molecule has 1 aromatic heterocycles. The van der Waals surface area contributed by atoms with Crippen molar-refractivity contribution in [2.75, 3.05) is 37.7 Å². The maximum atomic E-state index is 14.1. The first kappa shape index (κ1) is 59.1. The van der Waals surface area contributed by atoms with E-state index in [4.69, 9.17) is 17.2 Å². The highest BCUT2D eigenvalue weighted by Gasteiger charge is 2.33. The Morgan fingerprint density at radius 1 is 0.577 bits per heavy atom. The number of carbonyl (C=O) groups excluding carboxylic acids is 8. The Balaban J connectivity index is 1.71. The molecule has 0 saturated heterocycles. The Morgan fingerprint density at radius 2 is 1.11 bits per heavy atom. The van der Waals surface area contributed by atoms with Gasteiger partial charge in [-0.15, -0.1) is 0 Å². The molecule has 16 N–H and O–H groups in total. The molecule has 0 fully saturated rings. The van der Waals surface area contributed by atoms with Crippen molar-refractivity contribution in [2.24, 2.45) is 23.1 Å². The van der Waals surface area contributed by atoms with Gasteiger partial charge in [-0.3, -0.25) is 38.4 Å². The number of thiol groups is 2. The molecule has 0 aliphatic rings. The molecule has 0 aliphatic heterocycles. The fourth-order valence-electron chi connectivity index (χ4n) is 7.23. The number of aliphatic carboxylic acids is 1. The minimum Gasteiger partial charge on any atom is -0.480 e. The van der Waals surface area contributed by atoms with E-state index in [0.717, 1.165) is 10.9 Å². The van der Waals surface area contributed by atoms with E-state index in [1.807, 2.05) is 18.2 Å². The second-order valence-corrected chi connectivity index (χ2v) is 18.0. The zero-order chi connectivity index (χ0) is 52.5. The summed E-state index contributed by atoms with van der Waals surface area (Å²) in [5.41, 5.74) is 19.2. The Kier molecular flexibility index (Phi) is 26.0. The molecule has 0 spiro atoms. The standard InChI is InChI=1S/C47H70N12O10S2/c1-27(2)40(59-41(62)31(50)25-70)46(67)56-34(17-9-11-19-49)43(64)55-33(16-8-10-18-48)42(63)53-23-38(60)52-24-39(61)54-35(20-28-12-4-3-5-13-28)44(65)57-36(45(66)58-37(26-71)47(68)69)21-29-22-51-32-15-7-6-14-30(29)32/h3-7,12-15,22,27,31,33-37,40,51,70-71H,8-11,16-21,23-26,48-50H2,1-2H3,(H,52,60)(H,53,63)(H,54,61)(H,55,64)(H,56,67)(H,57,65)(H,58,66)(H,59,62)(H,68,69)/t31-,33-,34-,35-,36-,37-,40-/m0/s1. The number of para-hydroxylation sites is 1. The summed E-state index contributed by atoms with van der Waals surface area (Å²) in [6.07, 6.45) is 3.79. The molecule has 8 amide bonds. The van der Waals surface area contributed by atoms with Crippen LogP contribution in [0.25, 0.3) is 10.9 Å². The van der Waals surface area contributed by atoms with Crippen LogP contribution in [0.5, 0.6) is 0 Å². The van der Waals surface area contributed by atoms with Crippen LogP contribution in [0, 0.1) is 5.92 Å². The molecule has 0 radical (unpaired) electrons. The van der Waals surface area contributed by atoms with E-state index in [0.29, 0.717) is 49.9 Å². The zero-order valence-electron chi connectivity index (χ0n) is 40.0. The van der Waals surface area contributed by atoms with Gasteiger partial charge >= 0.3 is 5.97 Å². The van der Waals surface area contributed by atoms with Crippen LogP contribution in [-0.2, 0) is 56.0 Å². The monoisotopic (exact) mass is 1030 g/mol. The first-order valence-corrected chi connectivity index (χ1v) is 24.7. The summed E-state index contributed by atoms with van der Waals surface area (Å²) >= 11 is 8.09. The summed E-state index contributed by atoms with van der Waals surface area (Å²) in [6.45, 7) is 2.82. The normalized spacial score (nSPS) is 14.1. The van der Waals surface area contributed by atoms with Crippen LogP contribution >= 0.6 is 25.3 Å². The number of hydrogen-bond donors (Lipinski definition) is 15. The van der Waals surface area contributed by atoms with Crippen molar-refractivity contribution < 1.29 is 48.3 Å². The highest BCUT2D eigenvalue weighted by atomic mass is 32.1. The smallest absolute Gasteiger partial charge is 0.327 e. The molecular formula is C47H70N12O10S2. The SMILES string of the molecule is CC(C)[C@H](NC(=O)[C@@H](N)CS)C(=O)N[C@@H](CCCCN)C(=O)N[C@@H](CCCCN)C(=O)NCC(=O)NCC(=O)N[C@@H](Cc1ccccc1)C(=O)N[C@@H](Cc1c[nH]c2ccccc12)C(=O)N[C@@H](CS)C(=O)O. The summed E-state index contributed by atoms with van der Waals surface area (Å²) in [5.74, 6) is -7.71. The third-order valence-corrected chi connectivity index (χ3v) is 12.0. The van der Waals surface area contributed by atoms with E-state index in [1.165, 1.54) is 0 Å². The molecule has 7 atom stereocenters. The lowest BCUT2D eigenvalue weighted by Gasteiger charge is -2.27. The van der Waals surface area contributed by atoms with E-state index in [1.54, 1.807) is 56.4 Å². The molecule has 390 valence electrons. The fourth-order valence-corrected chi connectivity index (χ4v) is 7.64.